The van der Waals surface area contributed by atoms with Crippen molar-refractivity contribution in [1.29, 1.82) is 0 Å². The Hall–Kier alpha value is -1.42. The van der Waals surface area contributed by atoms with Crippen LogP contribution in [0.3, 0.4) is 0 Å². The van der Waals surface area contributed by atoms with E-state index in [1.165, 1.54) is 0 Å². The van der Waals surface area contributed by atoms with E-state index < -0.39 is 37.5 Å². The van der Waals surface area contributed by atoms with Crippen LogP contribution in [0.2, 0.25) is 0 Å². The minimum atomic E-state index is -5.12. The van der Waals surface area contributed by atoms with Gasteiger partial charge in [-0.2, -0.15) is 0 Å². The van der Waals surface area contributed by atoms with Gasteiger partial charge in [-0.3, -0.25) is 4.79 Å². The number of rotatable bonds is 3. The second-order valence-electron chi connectivity index (χ2n) is 2.85. The molecular formula is C7H5ClF3NO5S. The first-order valence-corrected chi connectivity index (χ1v) is 6.37. The molecule has 0 aromatic carbocycles. The first kappa shape index (κ1) is 14.6. The molecule has 11 heteroatoms. The van der Waals surface area contributed by atoms with E-state index in [-0.39, 0.29) is 0 Å². The summed E-state index contributed by atoms with van der Waals surface area (Å²) in [4.78, 5) is 12.8. The molecular weight excluding hydrogens is 303 g/mol. The molecule has 1 aromatic rings. The highest BCUT2D eigenvalue weighted by atomic mass is 35.7. The zero-order valence-corrected chi connectivity index (χ0v) is 10.1. The van der Waals surface area contributed by atoms with E-state index in [0.717, 1.165) is 7.11 Å². The lowest BCUT2D eigenvalue weighted by molar-refractivity contribution is -0.275. The molecule has 0 amide bonds. The number of hydrogen-bond acceptors (Lipinski definition) is 5. The number of hydrogen-bond donors (Lipinski definition) is 1. The molecule has 6 nitrogen and oxygen atoms in total. The van der Waals surface area contributed by atoms with Crippen molar-refractivity contribution in [3.8, 4) is 11.5 Å². The van der Waals surface area contributed by atoms with Crippen LogP contribution in [0.1, 0.15) is 0 Å². The van der Waals surface area contributed by atoms with Crippen LogP contribution in [0.25, 0.3) is 0 Å². The van der Waals surface area contributed by atoms with Gasteiger partial charge in [0.05, 0.1) is 7.11 Å². The molecule has 1 aromatic heterocycles. The molecule has 1 heterocycles. The van der Waals surface area contributed by atoms with Crippen molar-refractivity contribution in [2.45, 2.75) is 11.4 Å². The van der Waals surface area contributed by atoms with Gasteiger partial charge in [0.2, 0.25) is 0 Å². The molecule has 0 aliphatic heterocycles. The normalized spacial score (nSPS) is 12.3. The molecule has 0 aliphatic rings. The Kier molecular flexibility index (Phi) is 3.81. The average Bonchev–Trinajstić information content (AvgIpc) is 2.12. The summed E-state index contributed by atoms with van der Waals surface area (Å²) < 4.78 is 66.2. The Bertz CT molecular complexity index is 608. The Morgan fingerprint density at radius 3 is 2.33 bits per heavy atom. The molecule has 0 aliphatic carbocycles. The van der Waals surface area contributed by atoms with E-state index in [2.05, 4.69) is 9.47 Å². The molecule has 0 radical (unpaired) electrons. The number of pyridine rings is 1. The van der Waals surface area contributed by atoms with Gasteiger partial charge in [0.15, 0.2) is 16.5 Å². The number of aromatic nitrogens is 1. The highest BCUT2D eigenvalue weighted by Gasteiger charge is 2.34. The van der Waals surface area contributed by atoms with Crippen molar-refractivity contribution < 1.29 is 31.1 Å². The van der Waals surface area contributed by atoms with Crippen LogP contribution in [0, 0.1) is 0 Å². The Morgan fingerprint density at radius 2 is 1.94 bits per heavy atom. The van der Waals surface area contributed by atoms with Crippen LogP contribution in [-0.2, 0) is 9.05 Å². The zero-order chi connectivity index (χ0) is 14.1. The smallest absolute Gasteiger partial charge is 0.490 e. The number of nitrogens with one attached hydrogen (secondary N) is 1. The highest BCUT2D eigenvalue weighted by molar-refractivity contribution is 8.13. The van der Waals surface area contributed by atoms with Crippen molar-refractivity contribution in [3.05, 3.63) is 16.4 Å². The molecule has 18 heavy (non-hydrogen) atoms. The monoisotopic (exact) mass is 307 g/mol. The molecule has 0 saturated carbocycles. The quantitative estimate of drug-likeness (QED) is 0.848. The zero-order valence-electron chi connectivity index (χ0n) is 8.54. The largest absolute Gasteiger partial charge is 0.573 e. The van der Waals surface area contributed by atoms with Crippen LogP contribution in [0.4, 0.5) is 13.2 Å². The van der Waals surface area contributed by atoms with Gasteiger partial charge in [-0.05, 0) is 0 Å². The van der Waals surface area contributed by atoms with Crippen LogP contribution in [0.15, 0.2) is 15.9 Å². The maximum atomic E-state index is 12.0. The third-order valence-electron chi connectivity index (χ3n) is 1.60. The lowest BCUT2D eigenvalue weighted by atomic mass is 10.4. The Balaban J connectivity index is 3.54. The fourth-order valence-corrected chi connectivity index (χ4v) is 2.02. The molecule has 0 spiro atoms. The third-order valence-corrected chi connectivity index (χ3v) is 2.84. The van der Waals surface area contributed by atoms with Gasteiger partial charge in [0.25, 0.3) is 14.6 Å². The number of halogens is 4. The highest BCUT2D eigenvalue weighted by Crippen LogP contribution is 2.35. The SMILES string of the molecule is COc1c(OC(F)(F)F)cc(=O)[nH]c1S(=O)(=O)Cl. The molecule has 0 fully saturated rings. The molecule has 1 N–H and O–H groups in total. The first-order valence-electron chi connectivity index (χ1n) is 4.06. The summed E-state index contributed by atoms with van der Waals surface area (Å²) in [6.45, 7) is 0. The van der Waals surface area contributed by atoms with Crippen LogP contribution in [-0.4, -0.2) is 26.9 Å². The lowest BCUT2D eigenvalue weighted by Gasteiger charge is -2.13. The van der Waals surface area contributed by atoms with E-state index in [1.807, 2.05) is 0 Å². The summed E-state index contributed by atoms with van der Waals surface area (Å²) in [5.41, 5.74) is -1.14. The van der Waals surface area contributed by atoms with Crippen molar-refractivity contribution in [2.24, 2.45) is 0 Å². The summed E-state index contributed by atoms with van der Waals surface area (Å²) >= 11 is 0. The Labute approximate surface area is 103 Å². The van der Waals surface area contributed by atoms with Gasteiger partial charge in [0.1, 0.15) is 0 Å². The Morgan fingerprint density at radius 1 is 1.39 bits per heavy atom. The molecule has 0 atom stereocenters. The summed E-state index contributed by atoms with van der Waals surface area (Å²) in [7, 11) is 1.33. The predicted molar refractivity (Wildman–Crippen MR) is 53.3 cm³/mol. The maximum Gasteiger partial charge on any atom is 0.573 e. The molecule has 0 saturated heterocycles. The van der Waals surface area contributed by atoms with Gasteiger partial charge in [0, 0.05) is 16.7 Å². The summed E-state index contributed by atoms with van der Waals surface area (Å²) in [6.07, 6.45) is -5.12. The summed E-state index contributed by atoms with van der Waals surface area (Å²) in [6, 6.07) is 0.387. The van der Waals surface area contributed by atoms with Crippen LogP contribution >= 0.6 is 10.7 Å². The fourth-order valence-electron chi connectivity index (χ4n) is 1.07. The fraction of sp³-hybridized carbons (Fsp3) is 0.286. The number of methoxy groups -OCH3 is 1. The summed E-state index contributed by atoms with van der Waals surface area (Å²) in [5.74, 6) is -1.95. The minimum absolute atomic E-state index is 0.387. The molecule has 102 valence electrons. The minimum Gasteiger partial charge on any atom is -0.490 e. The molecule has 0 bridgehead atoms. The van der Waals surface area contributed by atoms with Crippen molar-refractivity contribution in [1.82, 2.24) is 4.98 Å². The standard InChI is InChI=1S/C7H5ClF3NO5S/c1-16-5-3(17-7(9,10)11)2-4(13)12-6(5)18(8,14)15/h2H,1H3,(H,12,13). The first-order chi connectivity index (χ1) is 8.04. The number of H-pyrrole nitrogens is 1. The lowest BCUT2D eigenvalue weighted by Crippen LogP contribution is -2.21. The van der Waals surface area contributed by atoms with E-state index in [4.69, 9.17) is 10.7 Å². The topological polar surface area (TPSA) is 85.5 Å². The average molecular weight is 308 g/mol. The predicted octanol–water partition coefficient (Wildman–Crippen LogP) is 1.21. The van der Waals surface area contributed by atoms with Crippen LogP contribution < -0.4 is 15.0 Å². The van der Waals surface area contributed by atoms with Crippen molar-refractivity contribution in [3.63, 3.8) is 0 Å². The van der Waals surface area contributed by atoms with Crippen LogP contribution in [0.5, 0.6) is 11.5 Å². The van der Waals surface area contributed by atoms with Gasteiger partial charge in [-0.25, -0.2) is 8.42 Å². The molecule has 0 unspecified atom stereocenters. The third kappa shape index (κ3) is 3.53. The van der Waals surface area contributed by atoms with Crippen molar-refractivity contribution in [2.75, 3.05) is 7.11 Å². The van der Waals surface area contributed by atoms with E-state index in [1.54, 1.807) is 4.98 Å². The van der Waals surface area contributed by atoms with Gasteiger partial charge >= 0.3 is 6.36 Å². The van der Waals surface area contributed by atoms with Gasteiger partial charge in [-0.15, -0.1) is 13.2 Å². The maximum absolute atomic E-state index is 12.0. The second-order valence-corrected chi connectivity index (χ2v) is 5.35. The number of ether oxygens (including phenoxy) is 2. The van der Waals surface area contributed by atoms with Gasteiger partial charge < -0.3 is 14.5 Å². The number of aromatic amines is 1. The van der Waals surface area contributed by atoms with E-state index in [0.29, 0.717) is 6.07 Å². The number of alkyl halides is 3. The van der Waals surface area contributed by atoms with Gasteiger partial charge in [-0.1, -0.05) is 0 Å². The second kappa shape index (κ2) is 4.69. The van der Waals surface area contributed by atoms with Crippen molar-refractivity contribution >= 4 is 19.7 Å². The summed E-state index contributed by atoms with van der Waals surface area (Å²) in [5, 5.41) is -1.02. The van der Waals surface area contributed by atoms with E-state index in [9.17, 15) is 26.4 Å². The van der Waals surface area contributed by atoms with E-state index >= 15 is 0 Å². The molecule has 1 rings (SSSR count).